The smallest absolute Gasteiger partial charge is 0.239 e. The van der Waals surface area contributed by atoms with E-state index in [0.717, 1.165) is 19.4 Å². The second kappa shape index (κ2) is 11.9. The van der Waals surface area contributed by atoms with Gasteiger partial charge in [-0.15, -0.1) is 10.2 Å². The van der Waals surface area contributed by atoms with E-state index in [2.05, 4.69) is 15.5 Å². The molecule has 0 spiro atoms. The van der Waals surface area contributed by atoms with Crippen LogP contribution in [-0.4, -0.2) is 75.0 Å². The van der Waals surface area contributed by atoms with Gasteiger partial charge in [0.15, 0.2) is 5.16 Å². The van der Waals surface area contributed by atoms with Crippen LogP contribution in [0.25, 0.3) is 0 Å². The number of aryl methyl sites for hydroxylation is 1. The van der Waals surface area contributed by atoms with E-state index in [1.54, 1.807) is 0 Å². The Morgan fingerprint density at radius 2 is 2.13 bits per heavy atom. The molecular formula is C19H32N6O4S. The lowest BCUT2D eigenvalue weighted by Crippen LogP contribution is -2.43. The summed E-state index contributed by atoms with van der Waals surface area (Å²) in [6.45, 7) is 7.37. The first kappa shape index (κ1) is 24.1. The van der Waals surface area contributed by atoms with Crippen LogP contribution in [0.1, 0.15) is 45.9 Å². The SMILES string of the molecule is CCN(CC(=O)NC(C)C)C(=O)CSc1nnc(CCC(N)=O)n1C[C@@H]1CCCO1. The van der Waals surface area contributed by atoms with E-state index in [1.165, 1.54) is 16.7 Å². The molecule has 2 heterocycles. The van der Waals surface area contributed by atoms with Gasteiger partial charge in [-0.1, -0.05) is 11.8 Å². The summed E-state index contributed by atoms with van der Waals surface area (Å²) in [6.07, 6.45) is 2.59. The Balaban J connectivity index is 2.01. The van der Waals surface area contributed by atoms with Gasteiger partial charge in [-0.25, -0.2) is 0 Å². The summed E-state index contributed by atoms with van der Waals surface area (Å²) < 4.78 is 7.64. The Morgan fingerprint density at radius 3 is 2.73 bits per heavy atom. The lowest BCUT2D eigenvalue weighted by Gasteiger charge is -2.21. The molecule has 10 nitrogen and oxygen atoms in total. The van der Waals surface area contributed by atoms with Crippen molar-refractivity contribution >= 4 is 29.5 Å². The second-order valence-corrected chi connectivity index (χ2v) is 8.47. The number of thioether (sulfide) groups is 1. The number of hydrogen-bond acceptors (Lipinski definition) is 7. The maximum atomic E-state index is 12.6. The van der Waals surface area contributed by atoms with Gasteiger partial charge in [0, 0.05) is 32.0 Å². The third-order valence-corrected chi connectivity index (χ3v) is 5.59. The van der Waals surface area contributed by atoms with Crippen molar-refractivity contribution in [2.24, 2.45) is 5.73 Å². The average Bonchev–Trinajstić information content (AvgIpc) is 3.32. The molecule has 1 aromatic rings. The fourth-order valence-electron chi connectivity index (χ4n) is 3.16. The summed E-state index contributed by atoms with van der Waals surface area (Å²) in [5.74, 6) is 0.0712. The van der Waals surface area contributed by atoms with Crippen molar-refractivity contribution in [1.29, 1.82) is 0 Å². The summed E-state index contributed by atoms with van der Waals surface area (Å²) in [6, 6.07) is 0.0239. The molecule has 1 atom stereocenters. The van der Waals surface area contributed by atoms with Crippen molar-refractivity contribution in [3.8, 4) is 0 Å². The highest BCUT2D eigenvalue weighted by Gasteiger charge is 2.23. The zero-order valence-corrected chi connectivity index (χ0v) is 18.7. The van der Waals surface area contributed by atoms with E-state index in [4.69, 9.17) is 10.5 Å². The van der Waals surface area contributed by atoms with E-state index >= 15 is 0 Å². The number of nitrogens with zero attached hydrogens (tertiary/aromatic N) is 4. The highest BCUT2D eigenvalue weighted by Crippen LogP contribution is 2.22. The van der Waals surface area contributed by atoms with E-state index in [0.29, 0.717) is 30.5 Å². The normalized spacial score (nSPS) is 16.1. The van der Waals surface area contributed by atoms with Crippen LogP contribution in [0.15, 0.2) is 5.16 Å². The maximum absolute atomic E-state index is 12.6. The summed E-state index contributed by atoms with van der Waals surface area (Å²) in [7, 11) is 0. The van der Waals surface area contributed by atoms with E-state index in [1.807, 2.05) is 25.3 Å². The van der Waals surface area contributed by atoms with Crippen LogP contribution in [-0.2, 0) is 32.1 Å². The van der Waals surface area contributed by atoms with Crippen LogP contribution in [0.2, 0.25) is 0 Å². The molecule has 0 saturated carbocycles. The summed E-state index contributed by atoms with van der Waals surface area (Å²) in [4.78, 5) is 37.3. The van der Waals surface area contributed by atoms with Gasteiger partial charge in [0.2, 0.25) is 17.7 Å². The number of hydrogen-bond donors (Lipinski definition) is 2. The number of likely N-dealkylation sites (N-methyl/N-ethyl adjacent to an activating group) is 1. The molecule has 11 heteroatoms. The molecule has 0 bridgehead atoms. The Kier molecular flexibility index (Phi) is 9.57. The number of ether oxygens (including phenoxy) is 1. The van der Waals surface area contributed by atoms with Crippen LogP contribution in [0.5, 0.6) is 0 Å². The third-order valence-electron chi connectivity index (χ3n) is 4.64. The zero-order valence-electron chi connectivity index (χ0n) is 17.9. The van der Waals surface area contributed by atoms with Crippen molar-refractivity contribution in [2.75, 3.05) is 25.4 Å². The molecule has 168 valence electrons. The first-order chi connectivity index (χ1) is 14.3. The predicted molar refractivity (Wildman–Crippen MR) is 113 cm³/mol. The molecule has 0 aromatic carbocycles. The quantitative estimate of drug-likeness (QED) is 0.448. The highest BCUT2D eigenvalue weighted by molar-refractivity contribution is 7.99. The predicted octanol–water partition coefficient (Wildman–Crippen LogP) is 0.340. The number of nitrogens with two attached hydrogens (primary N) is 1. The van der Waals surface area contributed by atoms with Crippen LogP contribution in [0, 0.1) is 0 Å². The van der Waals surface area contributed by atoms with Gasteiger partial charge in [-0.2, -0.15) is 0 Å². The highest BCUT2D eigenvalue weighted by atomic mass is 32.2. The molecule has 3 amide bonds. The number of carbonyl (C=O) groups is 3. The van der Waals surface area contributed by atoms with E-state index in [9.17, 15) is 14.4 Å². The minimum atomic E-state index is -0.399. The van der Waals surface area contributed by atoms with Crippen LogP contribution >= 0.6 is 11.8 Å². The molecule has 0 unspecified atom stereocenters. The van der Waals surface area contributed by atoms with Gasteiger partial charge < -0.3 is 25.3 Å². The molecule has 3 N–H and O–H groups in total. The number of carbonyl (C=O) groups excluding carboxylic acids is 3. The van der Waals surface area contributed by atoms with Gasteiger partial charge in [0.05, 0.1) is 24.9 Å². The first-order valence-electron chi connectivity index (χ1n) is 10.3. The standard InChI is InChI=1S/C19H32N6O4S/c1-4-24(11-17(27)21-13(2)3)18(28)12-30-19-23-22-16(8-7-15(20)26)25(19)10-14-6-5-9-29-14/h13-14H,4-12H2,1-3H3,(H2,20,26)(H,21,27)/t14-/m0/s1. The van der Waals surface area contributed by atoms with Crippen LogP contribution in [0.4, 0.5) is 0 Å². The Morgan fingerprint density at radius 1 is 1.37 bits per heavy atom. The first-order valence-corrected chi connectivity index (χ1v) is 11.3. The van der Waals surface area contributed by atoms with Crippen molar-refractivity contribution < 1.29 is 19.1 Å². The molecule has 0 radical (unpaired) electrons. The number of nitrogens with one attached hydrogen (secondary N) is 1. The van der Waals surface area contributed by atoms with E-state index in [-0.39, 0.29) is 42.7 Å². The van der Waals surface area contributed by atoms with Gasteiger partial charge >= 0.3 is 0 Å². The van der Waals surface area contributed by atoms with Crippen molar-refractivity contribution in [1.82, 2.24) is 25.0 Å². The van der Waals surface area contributed by atoms with Gasteiger partial charge in [-0.3, -0.25) is 14.4 Å². The molecule has 1 saturated heterocycles. The molecule has 1 aliphatic rings. The fraction of sp³-hybridized carbons (Fsp3) is 0.737. The Bertz CT molecular complexity index is 733. The Hall–Kier alpha value is -2.14. The monoisotopic (exact) mass is 440 g/mol. The Labute approximate surface area is 181 Å². The van der Waals surface area contributed by atoms with Crippen LogP contribution < -0.4 is 11.1 Å². The number of aromatic nitrogens is 3. The fourth-order valence-corrected chi connectivity index (χ4v) is 4.03. The molecule has 2 rings (SSSR count). The summed E-state index contributed by atoms with van der Waals surface area (Å²) in [5, 5.41) is 11.8. The summed E-state index contributed by atoms with van der Waals surface area (Å²) in [5.41, 5.74) is 5.27. The lowest BCUT2D eigenvalue weighted by atomic mass is 10.2. The van der Waals surface area contributed by atoms with Gasteiger partial charge in [0.1, 0.15) is 5.82 Å². The average molecular weight is 441 g/mol. The zero-order chi connectivity index (χ0) is 22.1. The van der Waals surface area contributed by atoms with Crippen molar-refractivity contribution in [3.05, 3.63) is 5.82 Å². The molecule has 1 aliphatic heterocycles. The molecule has 1 fully saturated rings. The second-order valence-electron chi connectivity index (χ2n) is 7.53. The topological polar surface area (TPSA) is 132 Å². The molecule has 1 aromatic heterocycles. The summed E-state index contributed by atoms with van der Waals surface area (Å²) >= 11 is 1.27. The number of rotatable bonds is 12. The largest absolute Gasteiger partial charge is 0.376 e. The van der Waals surface area contributed by atoms with Crippen molar-refractivity contribution in [3.63, 3.8) is 0 Å². The minimum absolute atomic E-state index is 0.0239. The van der Waals surface area contributed by atoms with Gasteiger partial charge in [0.25, 0.3) is 0 Å². The third kappa shape index (κ3) is 7.60. The molecule has 0 aliphatic carbocycles. The van der Waals surface area contributed by atoms with E-state index < -0.39 is 5.91 Å². The molecular weight excluding hydrogens is 408 g/mol. The van der Waals surface area contributed by atoms with Gasteiger partial charge in [-0.05, 0) is 33.6 Å². The van der Waals surface area contributed by atoms with Crippen LogP contribution in [0.3, 0.4) is 0 Å². The minimum Gasteiger partial charge on any atom is -0.376 e. The molecule has 30 heavy (non-hydrogen) atoms. The lowest BCUT2D eigenvalue weighted by molar-refractivity contribution is -0.134. The number of amides is 3. The number of primary amides is 1. The van der Waals surface area contributed by atoms with Crippen molar-refractivity contribution in [2.45, 2.75) is 70.3 Å². The maximum Gasteiger partial charge on any atom is 0.239 e.